The second-order valence-electron chi connectivity index (χ2n) is 5.71. The zero-order valence-electron chi connectivity index (χ0n) is 13.1. The number of aliphatic carboxylic acids is 1. The first-order valence-corrected chi connectivity index (χ1v) is 7.54. The summed E-state index contributed by atoms with van der Waals surface area (Å²) in [6.07, 6.45) is 1.29. The van der Waals surface area contributed by atoms with Gasteiger partial charge in [0.05, 0.1) is 6.26 Å². The highest BCUT2D eigenvalue weighted by molar-refractivity contribution is 5.95. The fourth-order valence-corrected chi connectivity index (χ4v) is 2.63. The van der Waals surface area contributed by atoms with E-state index in [1.165, 1.54) is 5.56 Å². The van der Waals surface area contributed by atoms with Crippen LogP contribution in [0.5, 0.6) is 0 Å². The molecule has 0 aliphatic carbocycles. The van der Waals surface area contributed by atoms with E-state index in [-0.39, 0.29) is 18.1 Å². The van der Waals surface area contributed by atoms with E-state index in [0.29, 0.717) is 12.3 Å². The second kappa shape index (κ2) is 8.29. The van der Waals surface area contributed by atoms with Crippen LogP contribution < -0.4 is 0 Å². The predicted molar refractivity (Wildman–Crippen MR) is 86.1 cm³/mol. The molecule has 1 heterocycles. The number of ketones is 1. The zero-order valence-corrected chi connectivity index (χ0v) is 13.1. The average molecular weight is 315 g/mol. The summed E-state index contributed by atoms with van der Waals surface area (Å²) in [7, 11) is 1.98. The molecule has 0 saturated heterocycles. The Bertz CT molecular complexity index is 622. The van der Waals surface area contributed by atoms with E-state index < -0.39 is 12.4 Å². The van der Waals surface area contributed by atoms with E-state index in [1.54, 1.807) is 12.3 Å². The molecule has 0 amide bonds. The van der Waals surface area contributed by atoms with Gasteiger partial charge in [-0.25, -0.2) is 0 Å². The number of carboxylic acids is 1. The SMILES string of the molecule is CN(Cc1ccccc1)CC(CC(=O)CC(=O)O)c1ccco1. The fraction of sp³-hybridized carbons (Fsp3) is 0.333. The molecule has 5 nitrogen and oxygen atoms in total. The van der Waals surface area contributed by atoms with Gasteiger partial charge in [0, 0.05) is 25.4 Å². The van der Waals surface area contributed by atoms with Gasteiger partial charge in [0.15, 0.2) is 0 Å². The first kappa shape index (κ1) is 17.0. The first-order chi connectivity index (χ1) is 11.0. The summed E-state index contributed by atoms with van der Waals surface area (Å²) in [5.74, 6) is -0.813. The highest BCUT2D eigenvalue weighted by atomic mass is 16.4. The molecule has 5 heteroatoms. The summed E-state index contributed by atoms with van der Waals surface area (Å²) >= 11 is 0. The number of carbonyl (C=O) groups excluding carboxylic acids is 1. The minimum atomic E-state index is -1.09. The molecule has 1 unspecified atom stereocenters. The second-order valence-corrected chi connectivity index (χ2v) is 5.71. The molecule has 0 saturated carbocycles. The summed E-state index contributed by atoms with van der Waals surface area (Å²) in [5, 5.41) is 8.75. The van der Waals surface area contributed by atoms with Crippen molar-refractivity contribution in [3.63, 3.8) is 0 Å². The van der Waals surface area contributed by atoms with Gasteiger partial charge in [-0.2, -0.15) is 0 Å². The Balaban J connectivity index is 2.00. The van der Waals surface area contributed by atoms with Crippen molar-refractivity contribution in [3.8, 4) is 0 Å². The minimum Gasteiger partial charge on any atom is -0.481 e. The Hall–Kier alpha value is -2.40. The third-order valence-corrected chi connectivity index (χ3v) is 3.60. The van der Waals surface area contributed by atoms with Crippen LogP contribution in [-0.2, 0) is 16.1 Å². The zero-order chi connectivity index (χ0) is 16.7. The van der Waals surface area contributed by atoms with Crippen LogP contribution in [0.2, 0.25) is 0 Å². The van der Waals surface area contributed by atoms with E-state index in [2.05, 4.69) is 4.90 Å². The van der Waals surface area contributed by atoms with Gasteiger partial charge in [-0.3, -0.25) is 9.59 Å². The standard InChI is InChI=1S/C18H21NO4/c1-19(12-14-6-3-2-4-7-14)13-15(17-8-5-9-23-17)10-16(20)11-18(21)22/h2-9,15H,10-13H2,1H3,(H,21,22). The number of carbonyl (C=O) groups is 2. The van der Waals surface area contributed by atoms with Crippen LogP contribution >= 0.6 is 0 Å². The lowest BCUT2D eigenvalue weighted by Gasteiger charge is -2.22. The maximum absolute atomic E-state index is 11.9. The van der Waals surface area contributed by atoms with Crippen LogP contribution in [-0.4, -0.2) is 35.4 Å². The molecular formula is C18H21NO4. The third-order valence-electron chi connectivity index (χ3n) is 3.60. The molecule has 1 N–H and O–H groups in total. The van der Waals surface area contributed by atoms with Crippen LogP contribution in [0.15, 0.2) is 53.1 Å². The number of benzene rings is 1. The maximum atomic E-state index is 11.9. The molecule has 122 valence electrons. The average Bonchev–Trinajstić information content (AvgIpc) is 3.00. The summed E-state index contributed by atoms with van der Waals surface area (Å²) in [5.41, 5.74) is 1.19. The molecule has 0 radical (unpaired) electrons. The van der Waals surface area contributed by atoms with Gasteiger partial charge in [-0.05, 0) is 24.7 Å². The highest BCUT2D eigenvalue weighted by Gasteiger charge is 2.21. The summed E-state index contributed by atoms with van der Waals surface area (Å²) < 4.78 is 5.43. The molecule has 1 aromatic carbocycles. The molecule has 0 aliphatic heterocycles. The number of carboxylic acid groups (broad SMARTS) is 1. The van der Waals surface area contributed by atoms with Gasteiger partial charge >= 0.3 is 5.97 Å². The molecule has 1 atom stereocenters. The van der Waals surface area contributed by atoms with Crippen molar-refractivity contribution in [3.05, 3.63) is 60.1 Å². The Morgan fingerprint density at radius 3 is 2.52 bits per heavy atom. The number of rotatable bonds is 9. The fourth-order valence-electron chi connectivity index (χ4n) is 2.63. The van der Waals surface area contributed by atoms with Crippen molar-refractivity contribution in [2.24, 2.45) is 0 Å². The lowest BCUT2D eigenvalue weighted by molar-refractivity contribution is -0.140. The Morgan fingerprint density at radius 2 is 1.91 bits per heavy atom. The first-order valence-electron chi connectivity index (χ1n) is 7.54. The lowest BCUT2D eigenvalue weighted by atomic mass is 9.97. The number of likely N-dealkylation sites (N-methyl/N-ethyl adjacent to an activating group) is 1. The lowest BCUT2D eigenvalue weighted by Crippen LogP contribution is -2.26. The van der Waals surface area contributed by atoms with E-state index in [4.69, 9.17) is 9.52 Å². The molecule has 2 aromatic rings. The molecule has 0 bridgehead atoms. The van der Waals surface area contributed by atoms with E-state index in [0.717, 1.165) is 6.54 Å². The van der Waals surface area contributed by atoms with E-state index in [1.807, 2.05) is 43.4 Å². The van der Waals surface area contributed by atoms with Gasteiger partial charge in [-0.1, -0.05) is 30.3 Å². The van der Waals surface area contributed by atoms with Crippen molar-refractivity contribution in [2.45, 2.75) is 25.3 Å². The Morgan fingerprint density at radius 1 is 1.17 bits per heavy atom. The van der Waals surface area contributed by atoms with Crippen molar-refractivity contribution < 1.29 is 19.1 Å². The van der Waals surface area contributed by atoms with Crippen molar-refractivity contribution in [2.75, 3.05) is 13.6 Å². The van der Waals surface area contributed by atoms with Crippen LogP contribution in [0.1, 0.15) is 30.1 Å². The van der Waals surface area contributed by atoms with Crippen molar-refractivity contribution in [1.82, 2.24) is 4.90 Å². The van der Waals surface area contributed by atoms with Crippen LogP contribution in [0, 0.1) is 0 Å². The normalized spacial score (nSPS) is 12.3. The molecule has 23 heavy (non-hydrogen) atoms. The number of nitrogens with zero attached hydrogens (tertiary/aromatic N) is 1. The van der Waals surface area contributed by atoms with E-state index >= 15 is 0 Å². The number of Topliss-reactive ketones (excluding diaryl/α,β-unsaturated/α-hetero) is 1. The number of furan rings is 1. The largest absolute Gasteiger partial charge is 0.481 e. The summed E-state index contributed by atoms with van der Waals surface area (Å²) in [6.45, 7) is 1.37. The van der Waals surface area contributed by atoms with Crippen LogP contribution in [0.25, 0.3) is 0 Å². The van der Waals surface area contributed by atoms with Crippen molar-refractivity contribution in [1.29, 1.82) is 0 Å². The minimum absolute atomic E-state index is 0.148. The molecule has 0 spiro atoms. The molecule has 0 fully saturated rings. The quantitative estimate of drug-likeness (QED) is 0.720. The topological polar surface area (TPSA) is 70.8 Å². The maximum Gasteiger partial charge on any atom is 0.310 e. The Labute approximate surface area is 135 Å². The van der Waals surface area contributed by atoms with Crippen molar-refractivity contribution >= 4 is 11.8 Å². The van der Waals surface area contributed by atoms with Gasteiger partial charge in [0.2, 0.25) is 0 Å². The smallest absolute Gasteiger partial charge is 0.310 e. The van der Waals surface area contributed by atoms with Crippen LogP contribution in [0.3, 0.4) is 0 Å². The van der Waals surface area contributed by atoms with Gasteiger partial charge in [-0.15, -0.1) is 0 Å². The predicted octanol–water partition coefficient (Wildman–Crippen LogP) is 2.93. The summed E-state index contributed by atoms with van der Waals surface area (Å²) in [4.78, 5) is 24.7. The molecule has 1 aromatic heterocycles. The van der Waals surface area contributed by atoms with Crippen LogP contribution in [0.4, 0.5) is 0 Å². The number of hydrogen-bond acceptors (Lipinski definition) is 4. The molecular weight excluding hydrogens is 294 g/mol. The van der Waals surface area contributed by atoms with Gasteiger partial charge < -0.3 is 14.4 Å². The summed E-state index contributed by atoms with van der Waals surface area (Å²) in [6, 6.07) is 13.7. The monoisotopic (exact) mass is 315 g/mol. The van der Waals surface area contributed by atoms with E-state index in [9.17, 15) is 9.59 Å². The third kappa shape index (κ3) is 5.71. The van der Waals surface area contributed by atoms with Gasteiger partial charge in [0.25, 0.3) is 0 Å². The highest BCUT2D eigenvalue weighted by Crippen LogP contribution is 2.23. The molecule has 0 aliphatic rings. The Kier molecular flexibility index (Phi) is 6.11. The van der Waals surface area contributed by atoms with Gasteiger partial charge in [0.1, 0.15) is 18.0 Å². The molecule has 2 rings (SSSR count). The number of hydrogen-bond donors (Lipinski definition) is 1.